The number of halogens is 2. The molecule has 0 spiro atoms. The first-order valence-corrected chi connectivity index (χ1v) is 6.62. The van der Waals surface area contributed by atoms with E-state index in [0.717, 1.165) is 4.47 Å². The Balaban J connectivity index is 2.77. The van der Waals surface area contributed by atoms with Gasteiger partial charge in [0.25, 0.3) is 5.91 Å². The zero-order valence-electron chi connectivity index (χ0n) is 9.42. The van der Waals surface area contributed by atoms with E-state index in [1.54, 1.807) is 18.3 Å². The van der Waals surface area contributed by atoms with E-state index in [0.29, 0.717) is 5.69 Å². The molecule has 1 aromatic heterocycles. The van der Waals surface area contributed by atoms with Crippen LogP contribution in [0.15, 0.2) is 22.8 Å². The van der Waals surface area contributed by atoms with Crippen molar-refractivity contribution in [1.82, 2.24) is 10.3 Å². The van der Waals surface area contributed by atoms with E-state index in [-0.39, 0.29) is 16.3 Å². The molecule has 0 fully saturated rings. The largest absolute Gasteiger partial charge is 0.345 e. The highest BCUT2D eigenvalue weighted by molar-refractivity contribution is 9.10. The van der Waals surface area contributed by atoms with Crippen LogP contribution in [0.3, 0.4) is 0 Å². The predicted molar refractivity (Wildman–Crippen MR) is 71.9 cm³/mol. The van der Waals surface area contributed by atoms with Gasteiger partial charge in [0.1, 0.15) is 5.69 Å². The summed E-state index contributed by atoms with van der Waals surface area (Å²) in [5.74, 6) is -0.163. The molecule has 0 bridgehead atoms. The molecule has 1 N–H and O–H groups in total. The first-order valence-electron chi connectivity index (χ1n) is 4.91. The Morgan fingerprint density at radius 1 is 1.50 bits per heavy atom. The Kier molecular flexibility index (Phi) is 4.50. The van der Waals surface area contributed by atoms with Crippen molar-refractivity contribution < 1.29 is 4.79 Å². The van der Waals surface area contributed by atoms with Gasteiger partial charge in [-0.15, -0.1) is 0 Å². The van der Waals surface area contributed by atoms with Crippen LogP contribution in [-0.4, -0.2) is 21.3 Å². The fraction of sp³-hybridized carbons (Fsp3) is 0.455. The van der Waals surface area contributed by atoms with Crippen LogP contribution < -0.4 is 5.32 Å². The molecule has 5 heteroatoms. The lowest BCUT2D eigenvalue weighted by atomic mass is 10.0. The number of rotatable bonds is 3. The third-order valence-corrected chi connectivity index (χ3v) is 4.00. The van der Waals surface area contributed by atoms with Crippen molar-refractivity contribution in [2.45, 2.75) is 31.1 Å². The molecule has 0 saturated heterocycles. The number of amides is 1. The first kappa shape index (κ1) is 13.6. The number of carbonyl (C=O) groups is 1. The fourth-order valence-corrected chi connectivity index (χ4v) is 1.32. The van der Waals surface area contributed by atoms with Crippen molar-refractivity contribution in [3.05, 3.63) is 28.5 Å². The van der Waals surface area contributed by atoms with Gasteiger partial charge in [0, 0.05) is 21.0 Å². The number of hydrogen-bond donors (Lipinski definition) is 1. The maximum atomic E-state index is 11.9. The fourth-order valence-electron chi connectivity index (χ4n) is 0.966. The van der Waals surface area contributed by atoms with Gasteiger partial charge in [0.15, 0.2) is 0 Å². The highest BCUT2D eigenvalue weighted by Gasteiger charge is 2.26. The van der Waals surface area contributed by atoms with Gasteiger partial charge < -0.3 is 5.32 Å². The molecule has 1 amide bonds. The summed E-state index contributed by atoms with van der Waals surface area (Å²) in [5.41, 5.74) is 0.107. The maximum Gasteiger partial charge on any atom is 0.270 e. The summed E-state index contributed by atoms with van der Waals surface area (Å²) in [6.45, 7) is 5.92. The lowest BCUT2D eigenvalue weighted by Gasteiger charge is -2.29. The zero-order chi connectivity index (χ0) is 12.3. The van der Waals surface area contributed by atoms with E-state index in [9.17, 15) is 4.79 Å². The molecule has 0 aliphatic rings. The van der Waals surface area contributed by atoms with Crippen molar-refractivity contribution in [3.63, 3.8) is 0 Å². The molecule has 0 aliphatic carbocycles. The first-order chi connectivity index (χ1) is 7.33. The van der Waals surface area contributed by atoms with Crippen LogP contribution in [0.5, 0.6) is 0 Å². The summed E-state index contributed by atoms with van der Waals surface area (Å²) in [6.07, 6.45) is 1.61. The van der Waals surface area contributed by atoms with Crippen LogP contribution in [0.2, 0.25) is 0 Å². The van der Waals surface area contributed by atoms with Crippen molar-refractivity contribution >= 4 is 37.8 Å². The van der Waals surface area contributed by atoms with Gasteiger partial charge in [0.05, 0.1) is 0 Å². The normalized spacial score (nSPS) is 13.3. The summed E-state index contributed by atoms with van der Waals surface area (Å²) in [5, 5.41) is 2.93. The van der Waals surface area contributed by atoms with Crippen LogP contribution in [-0.2, 0) is 0 Å². The number of hydrogen-bond acceptors (Lipinski definition) is 2. The van der Waals surface area contributed by atoms with E-state index < -0.39 is 0 Å². The molecule has 3 nitrogen and oxygen atoms in total. The average Bonchev–Trinajstić information content (AvgIpc) is 2.17. The van der Waals surface area contributed by atoms with E-state index >= 15 is 0 Å². The van der Waals surface area contributed by atoms with Crippen LogP contribution in [0.25, 0.3) is 0 Å². The van der Waals surface area contributed by atoms with E-state index in [4.69, 9.17) is 0 Å². The molecule has 88 valence electrons. The Morgan fingerprint density at radius 3 is 2.56 bits per heavy atom. The van der Waals surface area contributed by atoms with Crippen LogP contribution in [0.1, 0.15) is 31.3 Å². The molecule has 1 heterocycles. The van der Waals surface area contributed by atoms with Crippen LogP contribution in [0.4, 0.5) is 0 Å². The lowest BCUT2D eigenvalue weighted by Crippen LogP contribution is -2.49. The second-order valence-corrected chi connectivity index (χ2v) is 6.44. The molecule has 0 radical (unpaired) electrons. The minimum Gasteiger partial charge on any atom is -0.345 e. The molecule has 16 heavy (non-hydrogen) atoms. The molecule has 0 aliphatic heterocycles. The molecular formula is C11H14Br2N2O. The molecule has 1 aromatic rings. The van der Waals surface area contributed by atoms with E-state index in [1.165, 1.54) is 0 Å². The van der Waals surface area contributed by atoms with Gasteiger partial charge in [-0.25, -0.2) is 4.98 Å². The number of alkyl halides is 1. The molecule has 0 aromatic carbocycles. The van der Waals surface area contributed by atoms with Crippen molar-refractivity contribution in [2.75, 3.05) is 0 Å². The van der Waals surface area contributed by atoms with Crippen molar-refractivity contribution in [2.24, 2.45) is 0 Å². The topological polar surface area (TPSA) is 42.0 Å². The van der Waals surface area contributed by atoms with Gasteiger partial charge in [-0.2, -0.15) is 0 Å². The van der Waals surface area contributed by atoms with Gasteiger partial charge in [0.2, 0.25) is 0 Å². The van der Waals surface area contributed by atoms with Crippen molar-refractivity contribution in [3.8, 4) is 0 Å². The Bertz CT molecular complexity index is 374. The maximum absolute atomic E-state index is 11.9. The number of carbonyl (C=O) groups excluding carboxylic acids is 1. The van der Waals surface area contributed by atoms with Gasteiger partial charge >= 0.3 is 0 Å². The Labute approximate surface area is 112 Å². The minimum atomic E-state index is -0.314. The van der Waals surface area contributed by atoms with Gasteiger partial charge in [-0.05, 0) is 41.9 Å². The molecule has 0 saturated carbocycles. The standard InChI is InChI=1S/C11H14Br2N2O/c1-7(12)11(2,3)15-10(16)9-5-4-8(13)6-14-9/h4-7H,1-3H3,(H,15,16). The number of nitrogens with zero attached hydrogens (tertiary/aromatic N) is 1. The highest BCUT2D eigenvalue weighted by Crippen LogP contribution is 2.17. The lowest BCUT2D eigenvalue weighted by molar-refractivity contribution is 0.0908. The quantitative estimate of drug-likeness (QED) is 0.852. The van der Waals surface area contributed by atoms with E-state index in [2.05, 4.69) is 42.2 Å². The second-order valence-electron chi connectivity index (χ2n) is 4.15. The molecule has 1 atom stereocenters. The number of pyridine rings is 1. The van der Waals surface area contributed by atoms with Crippen LogP contribution >= 0.6 is 31.9 Å². The monoisotopic (exact) mass is 348 g/mol. The number of aromatic nitrogens is 1. The van der Waals surface area contributed by atoms with Crippen molar-refractivity contribution in [1.29, 1.82) is 0 Å². The third-order valence-electron chi connectivity index (χ3n) is 2.39. The summed E-state index contributed by atoms with van der Waals surface area (Å²) in [4.78, 5) is 16.1. The third kappa shape index (κ3) is 3.56. The highest BCUT2D eigenvalue weighted by atomic mass is 79.9. The minimum absolute atomic E-state index is 0.163. The second kappa shape index (κ2) is 5.27. The summed E-state index contributed by atoms with van der Waals surface area (Å²) in [7, 11) is 0. The Hall–Kier alpha value is -0.420. The Morgan fingerprint density at radius 2 is 2.12 bits per heavy atom. The molecular weight excluding hydrogens is 336 g/mol. The van der Waals surface area contributed by atoms with Gasteiger partial charge in [-0.3, -0.25) is 4.79 Å². The molecule has 1 unspecified atom stereocenters. The van der Waals surface area contributed by atoms with Gasteiger partial charge in [-0.1, -0.05) is 22.9 Å². The zero-order valence-corrected chi connectivity index (χ0v) is 12.6. The smallest absolute Gasteiger partial charge is 0.270 e. The summed E-state index contributed by atoms with van der Waals surface area (Å²) >= 11 is 6.74. The molecule has 1 rings (SSSR count). The average molecular weight is 350 g/mol. The summed E-state index contributed by atoms with van der Waals surface area (Å²) < 4.78 is 0.858. The number of nitrogens with one attached hydrogen (secondary N) is 1. The SMILES string of the molecule is CC(Br)C(C)(C)NC(=O)c1ccc(Br)cn1. The predicted octanol–water partition coefficient (Wildman–Crippen LogP) is 3.14. The summed E-state index contributed by atoms with van der Waals surface area (Å²) in [6, 6.07) is 3.49. The van der Waals surface area contributed by atoms with E-state index in [1.807, 2.05) is 20.8 Å². The van der Waals surface area contributed by atoms with Crippen LogP contribution in [0, 0.1) is 0 Å².